The minimum atomic E-state index is 0.0265. The fourth-order valence-electron chi connectivity index (χ4n) is 2.98. The highest BCUT2D eigenvalue weighted by atomic mass is 16.5. The fraction of sp³-hybridized carbons (Fsp3) is 0.760. The molecule has 0 aliphatic heterocycles. The maximum Gasteiger partial charge on any atom is 0.123 e. The Kier molecular flexibility index (Phi) is 18.2. The van der Waals surface area contributed by atoms with E-state index in [1.807, 2.05) is 65.8 Å². The predicted molar refractivity (Wildman–Crippen MR) is 125 cm³/mol. The van der Waals surface area contributed by atoms with Gasteiger partial charge in [0.2, 0.25) is 0 Å². The van der Waals surface area contributed by atoms with E-state index < -0.39 is 0 Å². The van der Waals surface area contributed by atoms with Crippen LogP contribution in [0.2, 0.25) is 0 Å². The molecule has 1 aromatic rings. The number of aliphatic hydroxyl groups excluding tert-OH is 1. The summed E-state index contributed by atoms with van der Waals surface area (Å²) in [5, 5.41) is 9.20. The zero-order chi connectivity index (χ0) is 22.9. The smallest absolute Gasteiger partial charge is 0.123 e. The third kappa shape index (κ3) is 12.8. The molecule has 1 fully saturated rings. The Labute approximate surface area is 181 Å². The van der Waals surface area contributed by atoms with Crippen LogP contribution < -0.4 is 9.47 Å². The summed E-state index contributed by atoms with van der Waals surface area (Å²) in [6.07, 6.45) is 3.42. The van der Waals surface area contributed by atoms with Crippen LogP contribution in [0, 0.1) is 11.3 Å². The molecule has 1 aliphatic rings. The van der Waals surface area contributed by atoms with Crippen molar-refractivity contribution in [3.05, 3.63) is 24.3 Å². The molecule has 0 spiro atoms. The lowest BCUT2D eigenvalue weighted by molar-refractivity contribution is -0.0381. The van der Waals surface area contributed by atoms with Crippen molar-refractivity contribution in [2.45, 2.75) is 93.8 Å². The van der Waals surface area contributed by atoms with Crippen LogP contribution in [0.15, 0.2) is 24.3 Å². The first-order valence-corrected chi connectivity index (χ1v) is 11.4. The van der Waals surface area contributed by atoms with Gasteiger partial charge in [-0.3, -0.25) is 0 Å². The number of ether oxygens (including phenoxy) is 3. The Morgan fingerprint density at radius 1 is 1.00 bits per heavy atom. The molecular formula is C25H48O4. The Morgan fingerprint density at radius 2 is 1.55 bits per heavy atom. The zero-order valence-corrected chi connectivity index (χ0v) is 20.7. The molecule has 1 aliphatic carbocycles. The fourth-order valence-corrected chi connectivity index (χ4v) is 2.98. The predicted octanol–water partition coefficient (Wildman–Crippen LogP) is 6.74. The van der Waals surface area contributed by atoms with Gasteiger partial charge in [-0.1, -0.05) is 68.4 Å². The Hall–Kier alpha value is -1.26. The quantitative estimate of drug-likeness (QED) is 0.487. The van der Waals surface area contributed by atoms with E-state index in [4.69, 9.17) is 14.2 Å². The first-order valence-electron chi connectivity index (χ1n) is 11.4. The molecule has 4 heteroatoms. The topological polar surface area (TPSA) is 47.9 Å². The van der Waals surface area contributed by atoms with Crippen molar-refractivity contribution in [1.82, 2.24) is 0 Å². The lowest BCUT2D eigenvalue weighted by Crippen LogP contribution is -2.38. The molecule has 1 saturated carbocycles. The van der Waals surface area contributed by atoms with Crippen LogP contribution in [0.4, 0.5) is 0 Å². The van der Waals surface area contributed by atoms with Crippen molar-refractivity contribution >= 4 is 0 Å². The molecule has 0 bridgehead atoms. The third-order valence-corrected chi connectivity index (χ3v) is 4.34. The van der Waals surface area contributed by atoms with Crippen molar-refractivity contribution in [3.63, 3.8) is 0 Å². The van der Waals surface area contributed by atoms with Crippen molar-refractivity contribution in [2.24, 2.45) is 11.3 Å². The van der Waals surface area contributed by atoms with Gasteiger partial charge in [-0.25, -0.2) is 0 Å². The molecule has 0 amide bonds. The largest absolute Gasteiger partial charge is 0.493 e. The normalized spacial score (nSPS) is 18.3. The van der Waals surface area contributed by atoms with Crippen LogP contribution in [-0.4, -0.2) is 37.6 Å². The second kappa shape index (κ2) is 17.6. The number of rotatable bonds is 9. The van der Waals surface area contributed by atoms with Gasteiger partial charge in [-0.2, -0.15) is 0 Å². The van der Waals surface area contributed by atoms with Crippen molar-refractivity contribution in [3.8, 4) is 11.5 Å². The second-order valence-corrected chi connectivity index (χ2v) is 7.49. The highest BCUT2D eigenvalue weighted by molar-refractivity contribution is 5.33. The molecule has 172 valence electrons. The molecule has 1 N–H and O–H groups in total. The Balaban J connectivity index is 0. The van der Waals surface area contributed by atoms with Crippen LogP contribution in [0.25, 0.3) is 0 Å². The van der Waals surface area contributed by atoms with Crippen LogP contribution in [0.3, 0.4) is 0 Å². The standard InChI is InChI=1S/C19H30O4.3C2H6/c1-14(12-20)11-19(2,3)13-22-15-6-5-7-16(8-15)23-18-9-17(10-18)21-4;3*1-2/h5-8,14,17-18,20H,9-13H2,1-4H3;3*1-2H3. The lowest BCUT2D eigenvalue weighted by atomic mass is 9.84. The summed E-state index contributed by atoms with van der Waals surface area (Å²) >= 11 is 0. The van der Waals surface area contributed by atoms with E-state index in [-0.39, 0.29) is 24.0 Å². The number of hydrogen-bond acceptors (Lipinski definition) is 4. The summed E-state index contributed by atoms with van der Waals surface area (Å²) in [5.74, 6) is 1.97. The molecular weight excluding hydrogens is 364 g/mol. The van der Waals surface area contributed by atoms with Gasteiger partial charge < -0.3 is 19.3 Å². The monoisotopic (exact) mass is 412 g/mol. The number of hydrogen-bond donors (Lipinski definition) is 1. The second-order valence-electron chi connectivity index (χ2n) is 7.49. The average molecular weight is 413 g/mol. The van der Waals surface area contributed by atoms with Gasteiger partial charge >= 0.3 is 0 Å². The summed E-state index contributed by atoms with van der Waals surface area (Å²) in [6, 6.07) is 7.83. The van der Waals surface area contributed by atoms with Crippen LogP contribution >= 0.6 is 0 Å². The van der Waals surface area contributed by atoms with E-state index >= 15 is 0 Å². The van der Waals surface area contributed by atoms with Gasteiger partial charge in [0.1, 0.15) is 17.6 Å². The summed E-state index contributed by atoms with van der Waals surface area (Å²) in [5.41, 5.74) is 0.0265. The van der Waals surface area contributed by atoms with Crippen molar-refractivity contribution in [1.29, 1.82) is 0 Å². The number of aliphatic hydroxyl groups is 1. The Morgan fingerprint density at radius 3 is 2.07 bits per heavy atom. The molecule has 1 aromatic carbocycles. The van der Waals surface area contributed by atoms with Gasteiger partial charge in [0.05, 0.1) is 12.7 Å². The summed E-state index contributed by atoms with van der Waals surface area (Å²) < 4.78 is 17.2. The first-order chi connectivity index (χ1) is 13.9. The highest BCUT2D eigenvalue weighted by Crippen LogP contribution is 2.31. The summed E-state index contributed by atoms with van der Waals surface area (Å²) in [6.45, 7) is 19.2. The maximum atomic E-state index is 9.20. The SMILES string of the molecule is CC.CC.CC.COC1CC(Oc2cccc(OCC(C)(C)CC(C)CO)c2)C1. The van der Waals surface area contributed by atoms with Crippen molar-refractivity contribution < 1.29 is 19.3 Å². The van der Waals surface area contributed by atoms with Gasteiger partial charge in [0.25, 0.3) is 0 Å². The molecule has 0 saturated heterocycles. The maximum absolute atomic E-state index is 9.20. The molecule has 0 radical (unpaired) electrons. The average Bonchev–Trinajstić information content (AvgIpc) is 2.73. The van der Waals surface area contributed by atoms with Gasteiger partial charge in [-0.15, -0.1) is 0 Å². The third-order valence-electron chi connectivity index (χ3n) is 4.34. The van der Waals surface area contributed by atoms with E-state index in [0.717, 1.165) is 30.8 Å². The van der Waals surface area contributed by atoms with E-state index in [0.29, 0.717) is 12.7 Å². The number of benzene rings is 1. The van der Waals surface area contributed by atoms with E-state index in [2.05, 4.69) is 20.8 Å². The van der Waals surface area contributed by atoms with Gasteiger partial charge in [0, 0.05) is 32.6 Å². The summed E-state index contributed by atoms with van der Waals surface area (Å²) in [7, 11) is 1.74. The molecule has 0 aromatic heterocycles. The van der Waals surface area contributed by atoms with Crippen LogP contribution in [0.1, 0.15) is 81.6 Å². The molecule has 29 heavy (non-hydrogen) atoms. The molecule has 4 nitrogen and oxygen atoms in total. The van der Waals surface area contributed by atoms with Crippen LogP contribution in [0.5, 0.6) is 11.5 Å². The van der Waals surface area contributed by atoms with Crippen LogP contribution in [-0.2, 0) is 4.74 Å². The van der Waals surface area contributed by atoms with E-state index in [1.54, 1.807) is 7.11 Å². The highest BCUT2D eigenvalue weighted by Gasteiger charge is 2.30. The lowest BCUT2D eigenvalue weighted by Gasteiger charge is -2.34. The minimum absolute atomic E-state index is 0.0265. The van der Waals surface area contributed by atoms with Crippen molar-refractivity contribution in [2.75, 3.05) is 20.3 Å². The molecule has 0 heterocycles. The first kappa shape index (κ1) is 29.9. The molecule has 1 atom stereocenters. The van der Waals surface area contributed by atoms with Gasteiger partial charge in [-0.05, 0) is 29.9 Å². The minimum Gasteiger partial charge on any atom is -0.493 e. The van der Waals surface area contributed by atoms with Gasteiger partial charge in [0.15, 0.2) is 0 Å². The Bertz CT molecular complexity index is 481. The van der Waals surface area contributed by atoms with E-state index in [9.17, 15) is 5.11 Å². The molecule has 1 unspecified atom stereocenters. The molecule has 2 rings (SSSR count). The zero-order valence-electron chi connectivity index (χ0n) is 20.7. The number of methoxy groups -OCH3 is 1. The summed E-state index contributed by atoms with van der Waals surface area (Å²) in [4.78, 5) is 0. The van der Waals surface area contributed by atoms with E-state index in [1.165, 1.54) is 0 Å².